The molecule has 0 aliphatic carbocycles. The van der Waals surface area contributed by atoms with Crippen LogP contribution >= 0.6 is 0 Å². The average molecular weight is 255 g/mol. The van der Waals surface area contributed by atoms with Gasteiger partial charge in [0.05, 0.1) is 11.5 Å². The van der Waals surface area contributed by atoms with E-state index in [1.165, 1.54) is 7.11 Å². The summed E-state index contributed by atoms with van der Waals surface area (Å²) in [6.07, 6.45) is 0.922. The third-order valence-electron chi connectivity index (χ3n) is 2.12. The molecule has 1 heterocycles. The fourth-order valence-corrected chi connectivity index (χ4v) is 1.39. The topological polar surface area (TPSA) is 115 Å². The van der Waals surface area contributed by atoms with Crippen LogP contribution in [0.15, 0.2) is 12.3 Å². The molecular formula is C10H13N3O5. The molecule has 0 spiro atoms. The van der Waals surface area contributed by atoms with Crippen LogP contribution in [-0.4, -0.2) is 40.7 Å². The van der Waals surface area contributed by atoms with Crippen LogP contribution in [0, 0.1) is 10.1 Å². The van der Waals surface area contributed by atoms with Crippen molar-refractivity contribution in [3.05, 3.63) is 27.9 Å². The normalized spacial score (nSPS) is 11.9. The second-order valence-electron chi connectivity index (χ2n) is 3.65. The predicted octanol–water partition coefficient (Wildman–Crippen LogP) is 1.13. The van der Waals surface area contributed by atoms with Crippen LogP contribution in [0.25, 0.3) is 0 Å². The first-order chi connectivity index (χ1) is 8.45. The number of carbonyl (C=O) groups is 1. The first-order valence-electron chi connectivity index (χ1n) is 5.09. The minimum Gasteiger partial charge on any atom is -0.477 e. The van der Waals surface area contributed by atoms with E-state index in [4.69, 9.17) is 9.84 Å². The van der Waals surface area contributed by atoms with Gasteiger partial charge in [-0.3, -0.25) is 10.1 Å². The van der Waals surface area contributed by atoms with E-state index in [2.05, 4.69) is 10.3 Å². The summed E-state index contributed by atoms with van der Waals surface area (Å²) in [5.74, 6) is -1.12. The number of pyridine rings is 1. The van der Waals surface area contributed by atoms with E-state index in [9.17, 15) is 14.9 Å². The quantitative estimate of drug-likeness (QED) is 0.578. The Morgan fingerprint density at radius 2 is 2.39 bits per heavy atom. The monoisotopic (exact) mass is 255 g/mol. The number of carboxylic acids is 1. The van der Waals surface area contributed by atoms with Gasteiger partial charge in [0.15, 0.2) is 0 Å². The predicted molar refractivity (Wildman–Crippen MR) is 62.8 cm³/mol. The minimum absolute atomic E-state index is 0.0920. The zero-order valence-corrected chi connectivity index (χ0v) is 9.91. The highest BCUT2D eigenvalue weighted by atomic mass is 16.6. The second-order valence-corrected chi connectivity index (χ2v) is 3.65. The van der Waals surface area contributed by atoms with Crippen molar-refractivity contribution in [1.82, 2.24) is 4.98 Å². The van der Waals surface area contributed by atoms with Crippen LogP contribution in [0.4, 0.5) is 11.5 Å². The molecule has 98 valence electrons. The molecule has 0 radical (unpaired) electrons. The van der Waals surface area contributed by atoms with Crippen molar-refractivity contribution < 1.29 is 19.6 Å². The lowest BCUT2D eigenvalue weighted by Gasteiger charge is -2.13. The van der Waals surface area contributed by atoms with E-state index in [1.807, 2.05) is 6.92 Å². The van der Waals surface area contributed by atoms with Gasteiger partial charge in [0.2, 0.25) is 0 Å². The van der Waals surface area contributed by atoms with Crippen LogP contribution < -0.4 is 5.32 Å². The lowest BCUT2D eigenvalue weighted by Crippen LogP contribution is -2.21. The van der Waals surface area contributed by atoms with Crippen molar-refractivity contribution in [2.45, 2.75) is 13.0 Å². The van der Waals surface area contributed by atoms with Crippen molar-refractivity contribution in [2.24, 2.45) is 0 Å². The highest BCUT2D eigenvalue weighted by Gasteiger charge is 2.21. The molecule has 8 nitrogen and oxygen atoms in total. The average Bonchev–Trinajstić information content (AvgIpc) is 2.28. The Labute approximate surface area is 103 Å². The largest absolute Gasteiger partial charge is 0.477 e. The van der Waals surface area contributed by atoms with E-state index in [-0.39, 0.29) is 11.9 Å². The molecule has 0 aliphatic heterocycles. The molecule has 8 heteroatoms. The third kappa shape index (κ3) is 3.39. The van der Waals surface area contributed by atoms with Crippen LogP contribution in [0.2, 0.25) is 0 Å². The summed E-state index contributed by atoms with van der Waals surface area (Å²) in [6.45, 7) is 2.22. The summed E-state index contributed by atoms with van der Waals surface area (Å²) in [6, 6.07) is 1.04. The fraction of sp³-hybridized carbons (Fsp3) is 0.400. The number of nitrogens with one attached hydrogen (secondary N) is 1. The number of nitrogens with zero attached hydrogens (tertiary/aromatic N) is 2. The highest BCUT2D eigenvalue weighted by molar-refractivity contribution is 5.93. The fourth-order valence-electron chi connectivity index (χ4n) is 1.39. The number of aromatic nitrogens is 1. The number of nitro groups is 1. The lowest BCUT2D eigenvalue weighted by atomic mass is 10.2. The van der Waals surface area contributed by atoms with E-state index in [0.29, 0.717) is 6.61 Å². The number of anilines is 1. The van der Waals surface area contributed by atoms with Gasteiger partial charge in [-0.1, -0.05) is 0 Å². The Balaban J connectivity index is 3.00. The Morgan fingerprint density at radius 1 is 1.72 bits per heavy atom. The molecule has 1 aromatic rings. The maximum atomic E-state index is 10.9. The van der Waals surface area contributed by atoms with Gasteiger partial charge in [-0.2, -0.15) is 0 Å². The lowest BCUT2D eigenvalue weighted by molar-refractivity contribution is -0.385. The summed E-state index contributed by atoms with van der Waals surface area (Å²) < 4.78 is 4.90. The number of aromatic carboxylic acids is 1. The van der Waals surface area contributed by atoms with Crippen LogP contribution in [0.5, 0.6) is 0 Å². The Hall–Kier alpha value is -2.22. The Bertz CT molecular complexity index is 463. The zero-order chi connectivity index (χ0) is 13.7. The molecule has 1 atom stereocenters. The number of hydrogen-bond acceptors (Lipinski definition) is 6. The molecule has 0 saturated carbocycles. The molecule has 0 aliphatic rings. The molecule has 18 heavy (non-hydrogen) atoms. The smallest absolute Gasteiger partial charge is 0.342 e. The molecule has 0 saturated heterocycles. The first-order valence-corrected chi connectivity index (χ1v) is 5.09. The molecule has 1 aromatic heterocycles. The Kier molecular flexibility index (Phi) is 4.55. The van der Waals surface area contributed by atoms with Crippen LogP contribution in [0.3, 0.4) is 0 Å². The highest BCUT2D eigenvalue weighted by Crippen LogP contribution is 2.20. The van der Waals surface area contributed by atoms with Gasteiger partial charge >= 0.3 is 11.7 Å². The van der Waals surface area contributed by atoms with Crippen LogP contribution in [-0.2, 0) is 4.74 Å². The molecule has 1 unspecified atom stereocenters. The number of methoxy groups -OCH3 is 1. The molecule has 0 aromatic carbocycles. The SMILES string of the molecule is COCC(C)Nc1cc(C(=O)O)c([N+](=O)[O-])cn1. The number of rotatable bonds is 6. The molecule has 0 amide bonds. The number of hydrogen-bond donors (Lipinski definition) is 2. The van der Waals surface area contributed by atoms with E-state index < -0.39 is 22.1 Å². The van der Waals surface area contributed by atoms with Gasteiger partial charge in [-0.15, -0.1) is 0 Å². The van der Waals surface area contributed by atoms with Gasteiger partial charge in [0.1, 0.15) is 17.6 Å². The number of carboxylic acid groups (broad SMARTS) is 1. The van der Waals surface area contributed by atoms with Crippen molar-refractivity contribution in [2.75, 3.05) is 19.0 Å². The molecule has 0 fully saturated rings. The summed E-state index contributed by atoms with van der Waals surface area (Å²) in [5, 5.41) is 22.4. The maximum absolute atomic E-state index is 10.9. The van der Waals surface area contributed by atoms with Crippen molar-refractivity contribution in [3.63, 3.8) is 0 Å². The van der Waals surface area contributed by atoms with Crippen LogP contribution in [0.1, 0.15) is 17.3 Å². The third-order valence-corrected chi connectivity index (χ3v) is 2.12. The van der Waals surface area contributed by atoms with E-state index in [1.54, 1.807) is 0 Å². The summed E-state index contributed by atoms with van der Waals surface area (Å²) in [5.41, 5.74) is -0.936. The Morgan fingerprint density at radius 3 is 2.89 bits per heavy atom. The number of ether oxygens (including phenoxy) is 1. The maximum Gasteiger partial charge on any atom is 0.342 e. The zero-order valence-electron chi connectivity index (χ0n) is 9.91. The summed E-state index contributed by atoms with van der Waals surface area (Å²) >= 11 is 0. The minimum atomic E-state index is -1.37. The summed E-state index contributed by atoms with van der Waals surface area (Å²) in [7, 11) is 1.53. The van der Waals surface area contributed by atoms with Gasteiger partial charge in [0, 0.05) is 19.2 Å². The van der Waals surface area contributed by atoms with Gasteiger partial charge in [0.25, 0.3) is 0 Å². The first kappa shape index (κ1) is 13.8. The summed E-state index contributed by atoms with van der Waals surface area (Å²) in [4.78, 5) is 24.5. The van der Waals surface area contributed by atoms with Gasteiger partial charge < -0.3 is 15.2 Å². The van der Waals surface area contributed by atoms with Gasteiger partial charge in [-0.25, -0.2) is 9.78 Å². The van der Waals surface area contributed by atoms with Gasteiger partial charge in [-0.05, 0) is 6.92 Å². The second kappa shape index (κ2) is 5.92. The van der Waals surface area contributed by atoms with Crippen molar-refractivity contribution in [3.8, 4) is 0 Å². The molecule has 2 N–H and O–H groups in total. The molecule has 1 rings (SSSR count). The molecule has 0 bridgehead atoms. The standard InChI is InChI=1S/C10H13N3O5/c1-6(5-18-2)12-9-3-7(10(14)15)8(4-11-9)13(16)17/h3-4,6H,5H2,1-2H3,(H,11,12)(H,14,15). The van der Waals surface area contributed by atoms with E-state index in [0.717, 1.165) is 12.3 Å². The van der Waals surface area contributed by atoms with Crippen molar-refractivity contribution >= 4 is 17.5 Å². The van der Waals surface area contributed by atoms with E-state index >= 15 is 0 Å². The van der Waals surface area contributed by atoms with Crippen molar-refractivity contribution in [1.29, 1.82) is 0 Å². The molecular weight excluding hydrogens is 242 g/mol.